The summed E-state index contributed by atoms with van der Waals surface area (Å²) in [7, 11) is 0. The maximum absolute atomic E-state index is 13.1. The lowest BCUT2D eigenvalue weighted by Crippen LogP contribution is -2.45. The highest BCUT2D eigenvalue weighted by molar-refractivity contribution is 6.05. The summed E-state index contributed by atoms with van der Waals surface area (Å²) in [6.07, 6.45) is 5.73. The van der Waals surface area contributed by atoms with Gasteiger partial charge in [0.1, 0.15) is 0 Å². The molecular formula is C26H34N6O2. The number of aromatic nitrogens is 3. The first kappa shape index (κ1) is 22.8. The normalized spacial score (nSPS) is 18.0. The summed E-state index contributed by atoms with van der Waals surface area (Å²) in [5, 5.41) is 11.4. The molecule has 2 N–H and O–H groups in total. The maximum atomic E-state index is 13.1. The Hall–Kier alpha value is -2.97. The Bertz CT molecular complexity index is 1130. The van der Waals surface area contributed by atoms with Gasteiger partial charge in [-0.3, -0.25) is 14.9 Å². The number of anilines is 1. The molecular weight excluding hydrogens is 428 g/mol. The number of likely N-dealkylation sites (tertiary alicyclic amines) is 1. The van der Waals surface area contributed by atoms with Crippen molar-refractivity contribution >= 4 is 22.5 Å². The quantitative estimate of drug-likeness (QED) is 0.585. The summed E-state index contributed by atoms with van der Waals surface area (Å²) in [5.41, 5.74) is 4.45. The van der Waals surface area contributed by atoms with Crippen LogP contribution in [0.1, 0.15) is 37.2 Å². The van der Waals surface area contributed by atoms with Gasteiger partial charge in [0.15, 0.2) is 5.69 Å². The van der Waals surface area contributed by atoms with Crippen LogP contribution in [-0.4, -0.2) is 78.0 Å². The Morgan fingerprint density at radius 2 is 1.91 bits per heavy atom. The van der Waals surface area contributed by atoms with Crippen LogP contribution in [0.15, 0.2) is 36.7 Å². The summed E-state index contributed by atoms with van der Waals surface area (Å²) < 4.78 is 5.47. The number of morpholine rings is 1. The molecule has 0 bridgehead atoms. The first-order valence-corrected chi connectivity index (χ1v) is 12.4. The number of carbonyl (C=O) groups is 1. The van der Waals surface area contributed by atoms with Crippen molar-refractivity contribution in [3.63, 3.8) is 0 Å². The van der Waals surface area contributed by atoms with E-state index in [1.165, 1.54) is 0 Å². The molecule has 180 valence electrons. The Balaban J connectivity index is 1.31. The molecule has 0 aliphatic carbocycles. The molecule has 2 aliphatic rings. The van der Waals surface area contributed by atoms with Gasteiger partial charge in [-0.2, -0.15) is 5.10 Å². The van der Waals surface area contributed by atoms with Gasteiger partial charge in [0.05, 0.1) is 30.6 Å². The Morgan fingerprint density at radius 1 is 1.12 bits per heavy atom. The Labute approximate surface area is 200 Å². The van der Waals surface area contributed by atoms with Gasteiger partial charge in [-0.05, 0) is 42.5 Å². The van der Waals surface area contributed by atoms with Gasteiger partial charge >= 0.3 is 0 Å². The molecule has 1 aromatic carbocycles. The highest BCUT2D eigenvalue weighted by Crippen LogP contribution is 2.28. The molecule has 8 nitrogen and oxygen atoms in total. The van der Waals surface area contributed by atoms with Crippen molar-refractivity contribution < 1.29 is 9.53 Å². The fourth-order valence-electron chi connectivity index (χ4n) is 4.98. The molecule has 5 rings (SSSR count). The number of nitrogens with one attached hydrogen (secondary N) is 2. The average molecular weight is 463 g/mol. The number of pyridine rings is 1. The minimum absolute atomic E-state index is 0.106. The van der Waals surface area contributed by atoms with Gasteiger partial charge in [0, 0.05) is 55.9 Å². The predicted molar refractivity (Wildman–Crippen MR) is 134 cm³/mol. The number of rotatable bonds is 6. The van der Waals surface area contributed by atoms with E-state index in [-0.39, 0.29) is 11.9 Å². The highest BCUT2D eigenvalue weighted by Gasteiger charge is 2.23. The fourth-order valence-corrected chi connectivity index (χ4v) is 4.98. The molecule has 2 aromatic heterocycles. The number of amides is 1. The average Bonchev–Trinajstić information content (AvgIpc) is 3.29. The molecule has 4 heterocycles. The monoisotopic (exact) mass is 462 g/mol. The summed E-state index contributed by atoms with van der Waals surface area (Å²) in [4.78, 5) is 22.4. The van der Waals surface area contributed by atoms with Gasteiger partial charge in [0.25, 0.3) is 5.91 Å². The number of hydrogen-bond donors (Lipinski definition) is 2. The van der Waals surface area contributed by atoms with Crippen molar-refractivity contribution in [3.8, 4) is 11.1 Å². The molecule has 0 spiro atoms. The van der Waals surface area contributed by atoms with Crippen LogP contribution in [0.2, 0.25) is 0 Å². The minimum Gasteiger partial charge on any atom is -0.378 e. The number of nitrogens with zero attached hydrogens (tertiary/aromatic N) is 4. The zero-order valence-corrected chi connectivity index (χ0v) is 20.1. The first-order valence-electron chi connectivity index (χ1n) is 12.4. The van der Waals surface area contributed by atoms with Crippen LogP contribution in [0.4, 0.5) is 5.69 Å². The number of H-pyrrole nitrogens is 1. The number of benzene rings is 1. The van der Waals surface area contributed by atoms with Crippen LogP contribution < -0.4 is 10.2 Å². The molecule has 2 saturated heterocycles. The third-order valence-electron chi connectivity index (χ3n) is 6.76. The van der Waals surface area contributed by atoms with E-state index in [9.17, 15) is 4.79 Å². The van der Waals surface area contributed by atoms with Crippen molar-refractivity contribution in [3.05, 3.63) is 42.4 Å². The number of carbonyl (C=O) groups excluding carboxylic acids is 1. The van der Waals surface area contributed by atoms with Crippen molar-refractivity contribution in [2.75, 3.05) is 50.8 Å². The molecule has 34 heavy (non-hydrogen) atoms. The van der Waals surface area contributed by atoms with Gasteiger partial charge < -0.3 is 19.9 Å². The number of piperidine rings is 1. The zero-order chi connectivity index (χ0) is 23.5. The number of hydrogen-bond acceptors (Lipinski definition) is 6. The van der Waals surface area contributed by atoms with E-state index in [4.69, 9.17) is 4.74 Å². The lowest BCUT2D eigenvalue weighted by Gasteiger charge is -2.33. The lowest BCUT2D eigenvalue weighted by atomic mass is 10.0. The lowest BCUT2D eigenvalue weighted by molar-refractivity contribution is 0.0904. The van der Waals surface area contributed by atoms with Crippen molar-refractivity contribution in [1.29, 1.82) is 0 Å². The molecule has 3 aromatic rings. The summed E-state index contributed by atoms with van der Waals surface area (Å²) in [5.74, 6) is 0.562. The fraction of sp³-hybridized carbons (Fsp3) is 0.500. The van der Waals surface area contributed by atoms with Crippen molar-refractivity contribution in [1.82, 2.24) is 25.4 Å². The second-order valence-corrected chi connectivity index (χ2v) is 9.81. The molecule has 0 atom stereocenters. The van der Waals surface area contributed by atoms with Crippen LogP contribution in [0, 0.1) is 5.92 Å². The second-order valence-electron chi connectivity index (χ2n) is 9.81. The minimum atomic E-state index is -0.106. The van der Waals surface area contributed by atoms with E-state index in [2.05, 4.69) is 50.2 Å². The molecule has 0 radical (unpaired) electrons. The molecule has 2 aliphatic heterocycles. The number of aromatic amines is 1. The van der Waals surface area contributed by atoms with E-state index in [0.29, 0.717) is 11.6 Å². The number of fused-ring (bicyclic) bond motifs is 1. The van der Waals surface area contributed by atoms with Gasteiger partial charge in [-0.25, -0.2) is 0 Å². The Kier molecular flexibility index (Phi) is 6.78. The third kappa shape index (κ3) is 5.08. The highest BCUT2D eigenvalue weighted by atomic mass is 16.5. The smallest absolute Gasteiger partial charge is 0.272 e. The van der Waals surface area contributed by atoms with Crippen molar-refractivity contribution in [2.24, 2.45) is 5.92 Å². The largest absolute Gasteiger partial charge is 0.378 e. The van der Waals surface area contributed by atoms with E-state index in [0.717, 1.165) is 86.5 Å². The summed E-state index contributed by atoms with van der Waals surface area (Å²) >= 11 is 0. The van der Waals surface area contributed by atoms with Crippen LogP contribution in [0.25, 0.3) is 22.0 Å². The molecule has 1 amide bonds. The molecule has 0 saturated carbocycles. The van der Waals surface area contributed by atoms with Gasteiger partial charge in [-0.15, -0.1) is 0 Å². The molecule has 0 unspecified atom stereocenters. The summed E-state index contributed by atoms with van der Waals surface area (Å²) in [6, 6.07) is 8.43. The van der Waals surface area contributed by atoms with Crippen LogP contribution in [-0.2, 0) is 4.74 Å². The maximum Gasteiger partial charge on any atom is 0.272 e. The topological polar surface area (TPSA) is 86.4 Å². The zero-order valence-electron chi connectivity index (χ0n) is 20.1. The first-order chi connectivity index (χ1) is 16.6. The van der Waals surface area contributed by atoms with E-state index in [1.54, 1.807) is 0 Å². The van der Waals surface area contributed by atoms with Crippen LogP contribution in [0.5, 0.6) is 0 Å². The van der Waals surface area contributed by atoms with Crippen molar-refractivity contribution in [2.45, 2.75) is 32.7 Å². The van der Waals surface area contributed by atoms with Gasteiger partial charge in [0.2, 0.25) is 0 Å². The Morgan fingerprint density at radius 3 is 2.68 bits per heavy atom. The second kappa shape index (κ2) is 10.1. The van der Waals surface area contributed by atoms with E-state index < -0.39 is 0 Å². The van der Waals surface area contributed by atoms with Crippen LogP contribution >= 0.6 is 0 Å². The molecule has 8 heteroatoms. The number of ether oxygens (including phenoxy) is 1. The predicted octanol–water partition coefficient (Wildman–Crippen LogP) is 3.31. The molecule has 2 fully saturated rings. The van der Waals surface area contributed by atoms with E-state index in [1.807, 2.05) is 30.6 Å². The summed E-state index contributed by atoms with van der Waals surface area (Å²) in [6.45, 7) is 10.9. The van der Waals surface area contributed by atoms with Crippen LogP contribution in [0.3, 0.4) is 0 Å². The third-order valence-corrected chi connectivity index (χ3v) is 6.76. The van der Waals surface area contributed by atoms with Gasteiger partial charge in [-0.1, -0.05) is 19.9 Å². The van der Waals surface area contributed by atoms with E-state index >= 15 is 0 Å². The standard InChI is InChI=1S/C26H34N6O2/c1-18(2)17-31-7-5-21(6-8-31)28-26(33)25-23-14-19(3-4-24(23)29-30-25)20-13-22(16-27-15-20)32-9-11-34-12-10-32/h3-4,13-16,18,21H,5-12,17H2,1-2H3,(H,28,33)(H,29,30). The SMILES string of the molecule is CC(C)CN1CCC(NC(=O)c2n[nH]c3ccc(-c4cncc(N5CCOCC5)c4)cc23)CC1.